The second-order valence-electron chi connectivity index (χ2n) is 5.84. The van der Waals surface area contributed by atoms with Gasteiger partial charge in [-0.15, -0.1) is 0 Å². The van der Waals surface area contributed by atoms with Gasteiger partial charge in [0.1, 0.15) is 5.82 Å². The highest BCUT2D eigenvalue weighted by molar-refractivity contribution is 6.36. The van der Waals surface area contributed by atoms with Gasteiger partial charge in [-0.1, -0.05) is 29.3 Å². The van der Waals surface area contributed by atoms with Crippen LogP contribution < -0.4 is 15.6 Å². The van der Waals surface area contributed by atoms with E-state index >= 15 is 0 Å². The molecule has 0 aliphatic heterocycles. The third kappa shape index (κ3) is 5.28. The van der Waals surface area contributed by atoms with Gasteiger partial charge in [0.15, 0.2) is 0 Å². The molecule has 0 amide bonds. The molecule has 1 aromatic heterocycles. The normalized spacial score (nSPS) is 10.9. The van der Waals surface area contributed by atoms with E-state index in [4.69, 9.17) is 23.2 Å². The molecule has 3 aromatic rings. The molecule has 0 atom stereocenters. The summed E-state index contributed by atoms with van der Waals surface area (Å²) in [6.07, 6.45) is 1.53. The Morgan fingerprint density at radius 2 is 1.71 bits per heavy atom. The van der Waals surface area contributed by atoms with Gasteiger partial charge >= 0.3 is 0 Å². The van der Waals surface area contributed by atoms with Crippen molar-refractivity contribution in [3.8, 4) is 0 Å². The van der Waals surface area contributed by atoms with Gasteiger partial charge in [0.2, 0.25) is 17.8 Å². The van der Waals surface area contributed by atoms with E-state index in [1.54, 1.807) is 49.3 Å². The summed E-state index contributed by atoms with van der Waals surface area (Å²) in [6.45, 7) is 0. The first-order chi connectivity index (χ1) is 13.4. The highest BCUT2D eigenvalue weighted by atomic mass is 35.5. The summed E-state index contributed by atoms with van der Waals surface area (Å²) in [7, 11) is 3.61. The molecule has 0 fully saturated rings. The van der Waals surface area contributed by atoms with Gasteiger partial charge in [0.25, 0.3) is 0 Å². The third-order valence-corrected chi connectivity index (χ3v) is 4.02. The van der Waals surface area contributed by atoms with Crippen LogP contribution in [-0.4, -0.2) is 35.3 Å². The summed E-state index contributed by atoms with van der Waals surface area (Å²) >= 11 is 12.0. The summed E-state index contributed by atoms with van der Waals surface area (Å²) < 4.78 is 13.1. The second kappa shape index (κ2) is 8.81. The maximum atomic E-state index is 13.1. The highest BCUT2D eigenvalue weighted by Gasteiger charge is 2.08. The summed E-state index contributed by atoms with van der Waals surface area (Å²) in [5.41, 5.74) is 4.08. The van der Waals surface area contributed by atoms with Gasteiger partial charge in [0, 0.05) is 30.4 Å². The lowest BCUT2D eigenvalue weighted by Gasteiger charge is -2.13. The van der Waals surface area contributed by atoms with Crippen LogP contribution in [-0.2, 0) is 0 Å². The minimum atomic E-state index is -0.326. The molecule has 0 unspecified atom stereocenters. The summed E-state index contributed by atoms with van der Waals surface area (Å²) in [6, 6.07) is 10.9. The van der Waals surface area contributed by atoms with Crippen LogP contribution in [0.15, 0.2) is 47.6 Å². The fraction of sp³-hybridized carbons (Fsp3) is 0.111. The average Bonchev–Trinajstić information content (AvgIpc) is 2.65. The van der Waals surface area contributed by atoms with Crippen molar-refractivity contribution in [1.82, 2.24) is 15.0 Å². The van der Waals surface area contributed by atoms with Crippen LogP contribution in [0.25, 0.3) is 0 Å². The van der Waals surface area contributed by atoms with Crippen LogP contribution >= 0.6 is 23.2 Å². The van der Waals surface area contributed by atoms with Crippen molar-refractivity contribution in [2.75, 3.05) is 29.7 Å². The third-order valence-electron chi connectivity index (χ3n) is 3.45. The maximum Gasteiger partial charge on any atom is 0.250 e. The molecule has 7 nitrogen and oxygen atoms in total. The minimum Gasteiger partial charge on any atom is -0.347 e. The first kappa shape index (κ1) is 19.8. The maximum absolute atomic E-state index is 13.1. The zero-order valence-corrected chi connectivity index (χ0v) is 16.5. The van der Waals surface area contributed by atoms with E-state index < -0.39 is 0 Å². The van der Waals surface area contributed by atoms with Gasteiger partial charge in [-0.3, -0.25) is 0 Å². The summed E-state index contributed by atoms with van der Waals surface area (Å²) in [4.78, 5) is 14.6. The van der Waals surface area contributed by atoms with Crippen LogP contribution in [0.2, 0.25) is 10.0 Å². The largest absolute Gasteiger partial charge is 0.347 e. The first-order valence-corrected chi connectivity index (χ1v) is 8.86. The minimum absolute atomic E-state index is 0.227. The molecule has 0 radical (unpaired) electrons. The first-order valence-electron chi connectivity index (χ1n) is 8.11. The molecule has 0 aliphatic rings. The number of halogens is 3. The number of nitrogens with zero attached hydrogens (tertiary/aromatic N) is 5. The van der Waals surface area contributed by atoms with E-state index in [2.05, 4.69) is 30.8 Å². The van der Waals surface area contributed by atoms with E-state index in [0.29, 0.717) is 27.2 Å². The molecule has 0 saturated carbocycles. The highest BCUT2D eigenvalue weighted by Crippen LogP contribution is 2.20. The van der Waals surface area contributed by atoms with Crippen LogP contribution in [0.5, 0.6) is 0 Å². The number of hydrazone groups is 1. The number of hydrogen-bond donors (Lipinski definition) is 2. The predicted octanol–water partition coefficient (Wildman–Crippen LogP) is 4.57. The standard InChI is InChI=1S/C18H16Cl2FN7/c1-28(2)18-25-16(23-14-7-5-13(21)6-8-14)24-17(26-18)27-22-10-11-3-4-12(19)9-15(11)20/h3-10H,1-2H3,(H2,23,24,25,26,27). The Labute approximate surface area is 171 Å². The molecule has 2 aromatic carbocycles. The molecule has 0 bridgehead atoms. The van der Waals surface area contributed by atoms with Crippen molar-refractivity contribution < 1.29 is 4.39 Å². The molecule has 28 heavy (non-hydrogen) atoms. The lowest BCUT2D eigenvalue weighted by Crippen LogP contribution is -2.15. The number of benzene rings is 2. The molecule has 0 spiro atoms. The second-order valence-corrected chi connectivity index (χ2v) is 6.69. The van der Waals surface area contributed by atoms with Crippen molar-refractivity contribution in [3.05, 3.63) is 63.9 Å². The number of aromatic nitrogens is 3. The molecule has 10 heteroatoms. The Hall–Kier alpha value is -2.97. The van der Waals surface area contributed by atoms with Gasteiger partial charge in [-0.05, 0) is 36.4 Å². The van der Waals surface area contributed by atoms with E-state index in [1.165, 1.54) is 18.3 Å². The van der Waals surface area contributed by atoms with Crippen molar-refractivity contribution in [3.63, 3.8) is 0 Å². The topological polar surface area (TPSA) is 78.3 Å². The number of nitrogens with one attached hydrogen (secondary N) is 2. The van der Waals surface area contributed by atoms with Crippen molar-refractivity contribution in [2.45, 2.75) is 0 Å². The van der Waals surface area contributed by atoms with Crippen LogP contribution in [0.1, 0.15) is 5.56 Å². The molecule has 2 N–H and O–H groups in total. The van der Waals surface area contributed by atoms with Crippen molar-refractivity contribution in [2.24, 2.45) is 5.10 Å². The molecular formula is C18H16Cl2FN7. The van der Waals surface area contributed by atoms with E-state index in [0.717, 1.165) is 0 Å². The van der Waals surface area contributed by atoms with Gasteiger partial charge < -0.3 is 10.2 Å². The molecule has 144 valence electrons. The average molecular weight is 420 g/mol. The zero-order valence-electron chi connectivity index (χ0n) is 15.0. The SMILES string of the molecule is CN(C)c1nc(NN=Cc2ccc(Cl)cc2Cl)nc(Nc2ccc(F)cc2)n1. The Balaban J connectivity index is 1.80. The van der Waals surface area contributed by atoms with Crippen LogP contribution in [0.4, 0.5) is 27.9 Å². The Morgan fingerprint density at radius 1 is 1.00 bits per heavy atom. The van der Waals surface area contributed by atoms with E-state index in [1.807, 2.05) is 0 Å². The molecule has 0 saturated heterocycles. The summed E-state index contributed by atoms with van der Waals surface area (Å²) in [5, 5.41) is 8.13. The van der Waals surface area contributed by atoms with Gasteiger partial charge in [-0.2, -0.15) is 20.1 Å². The quantitative estimate of drug-likeness (QED) is 0.449. The Morgan fingerprint density at radius 3 is 2.39 bits per heavy atom. The molecule has 0 aliphatic carbocycles. The smallest absolute Gasteiger partial charge is 0.250 e. The molecular weight excluding hydrogens is 404 g/mol. The summed E-state index contributed by atoms with van der Waals surface area (Å²) in [5.74, 6) is 0.603. The Bertz CT molecular complexity index is 994. The van der Waals surface area contributed by atoms with E-state index in [-0.39, 0.29) is 17.7 Å². The number of rotatable bonds is 6. The fourth-order valence-corrected chi connectivity index (χ4v) is 2.56. The molecule has 1 heterocycles. The number of hydrogen-bond acceptors (Lipinski definition) is 7. The lowest BCUT2D eigenvalue weighted by molar-refractivity contribution is 0.628. The lowest BCUT2D eigenvalue weighted by atomic mass is 10.2. The zero-order chi connectivity index (χ0) is 20.1. The monoisotopic (exact) mass is 419 g/mol. The van der Waals surface area contributed by atoms with Gasteiger partial charge in [0.05, 0.1) is 11.2 Å². The van der Waals surface area contributed by atoms with Gasteiger partial charge in [-0.25, -0.2) is 9.82 Å². The van der Waals surface area contributed by atoms with Crippen molar-refractivity contribution in [1.29, 1.82) is 0 Å². The Kier molecular flexibility index (Phi) is 6.23. The molecule has 3 rings (SSSR count). The van der Waals surface area contributed by atoms with Crippen molar-refractivity contribution >= 4 is 52.9 Å². The number of anilines is 4. The van der Waals surface area contributed by atoms with E-state index in [9.17, 15) is 4.39 Å². The predicted molar refractivity (Wildman–Crippen MR) is 112 cm³/mol. The van der Waals surface area contributed by atoms with Crippen LogP contribution in [0.3, 0.4) is 0 Å². The fourth-order valence-electron chi connectivity index (χ4n) is 2.10. The van der Waals surface area contributed by atoms with Crippen LogP contribution in [0, 0.1) is 5.82 Å².